The predicted octanol–water partition coefficient (Wildman–Crippen LogP) is 3.16. The van der Waals surface area contributed by atoms with Crippen molar-refractivity contribution in [3.8, 4) is 11.7 Å². The maximum Gasteiger partial charge on any atom is 0.326 e. The quantitative estimate of drug-likeness (QED) is 0.428. The predicted molar refractivity (Wildman–Crippen MR) is 89.9 cm³/mol. The molecule has 4 rings (SSSR count). The van der Waals surface area contributed by atoms with E-state index in [9.17, 15) is 4.79 Å². The summed E-state index contributed by atoms with van der Waals surface area (Å²) in [5.41, 5.74) is 1.69. The van der Waals surface area contributed by atoms with E-state index in [4.69, 9.17) is 8.83 Å². The highest BCUT2D eigenvalue weighted by Crippen LogP contribution is 2.23. The molecule has 1 N–H and O–H groups in total. The van der Waals surface area contributed by atoms with Gasteiger partial charge in [-0.2, -0.15) is 0 Å². The summed E-state index contributed by atoms with van der Waals surface area (Å²) in [6, 6.07) is 11.2. The number of benzene rings is 1. The first-order chi connectivity index (χ1) is 11.8. The average Bonchev–Trinajstić information content (AvgIpc) is 3.31. The van der Waals surface area contributed by atoms with Crippen molar-refractivity contribution < 1.29 is 8.83 Å². The molecule has 0 radical (unpaired) electrons. The van der Waals surface area contributed by atoms with Crippen LogP contribution in [-0.4, -0.2) is 25.5 Å². The molecule has 24 heavy (non-hydrogen) atoms. The van der Waals surface area contributed by atoms with Crippen LogP contribution in [0.4, 0.5) is 0 Å². The molecule has 0 saturated heterocycles. The molecule has 8 heteroatoms. The van der Waals surface area contributed by atoms with Gasteiger partial charge in [-0.3, -0.25) is 4.57 Å². The topological polar surface area (TPSA) is 89.9 Å². The molecule has 0 spiro atoms. The van der Waals surface area contributed by atoms with Crippen LogP contribution in [0.5, 0.6) is 0 Å². The molecule has 0 atom stereocenters. The lowest BCUT2D eigenvalue weighted by atomic mass is 10.3. The molecular formula is C16H14N4O3S. The summed E-state index contributed by atoms with van der Waals surface area (Å²) >= 11 is 1.46. The zero-order valence-electron chi connectivity index (χ0n) is 12.6. The second kappa shape index (κ2) is 6.40. The number of thioether (sulfide) groups is 1. The van der Waals surface area contributed by atoms with Crippen molar-refractivity contribution in [3.63, 3.8) is 0 Å². The Morgan fingerprint density at radius 2 is 2.08 bits per heavy atom. The SMILES string of the molecule is O=c1[nH]c2ccccc2n1CCCSc1nnc(-c2ccco2)o1. The van der Waals surface area contributed by atoms with Crippen LogP contribution < -0.4 is 5.69 Å². The van der Waals surface area contributed by atoms with Crippen molar-refractivity contribution in [3.05, 3.63) is 53.1 Å². The molecule has 0 amide bonds. The van der Waals surface area contributed by atoms with Gasteiger partial charge in [-0.1, -0.05) is 23.9 Å². The molecule has 4 aromatic rings. The first kappa shape index (κ1) is 14.8. The number of H-pyrrole nitrogens is 1. The van der Waals surface area contributed by atoms with Crippen LogP contribution in [0.15, 0.2) is 61.5 Å². The third kappa shape index (κ3) is 2.88. The van der Waals surface area contributed by atoms with Crippen LogP contribution in [0.1, 0.15) is 6.42 Å². The third-order valence-electron chi connectivity index (χ3n) is 3.57. The van der Waals surface area contributed by atoms with Gasteiger partial charge in [-0.15, -0.1) is 10.2 Å². The standard InChI is InChI=1S/C16H14N4O3S/c21-15-17-11-5-1-2-6-12(11)20(15)8-4-10-24-16-19-18-14(23-16)13-7-3-9-22-13/h1-3,5-7,9H,4,8,10H2,(H,17,21). The molecule has 0 aliphatic heterocycles. The number of imidazole rings is 1. The van der Waals surface area contributed by atoms with Gasteiger partial charge in [0.1, 0.15) is 0 Å². The molecule has 0 saturated carbocycles. The van der Waals surface area contributed by atoms with Crippen LogP contribution in [0.2, 0.25) is 0 Å². The van der Waals surface area contributed by atoms with Crippen molar-refractivity contribution in [2.75, 3.05) is 5.75 Å². The number of aromatic amines is 1. The lowest BCUT2D eigenvalue weighted by Crippen LogP contribution is -2.17. The summed E-state index contributed by atoms with van der Waals surface area (Å²) in [4.78, 5) is 14.8. The van der Waals surface area contributed by atoms with E-state index in [1.807, 2.05) is 24.3 Å². The van der Waals surface area contributed by atoms with Crippen LogP contribution in [0.3, 0.4) is 0 Å². The Morgan fingerprint density at radius 1 is 1.17 bits per heavy atom. The molecule has 7 nitrogen and oxygen atoms in total. The molecule has 3 heterocycles. The molecule has 1 aromatic carbocycles. The summed E-state index contributed by atoms with van der Waals surface area (Å²) in [5.74, 6) is 1.70. The first-order valence-electron chi connectivity index (χ1n) is 7.49. The summed E-state index contributed by atoms with van der Waals surface area (Å²) in [6.07, 6.45) is 2.37. The minimum atomic E-state index is -0.0842. The number of furan rings is 1. The Morgan fingerprint density at radius 3 is 2.96 bits per heavy atom. The van der Waals surface area contributed by atoms with Crippen LogP contribution >= 0.6 is 11.8 Å². The lowest BCUT2D eigenvalue weighted by molar-refractivity contribution is 0.447. The number of nitrogens with one attached hydrogen (secondary N) is 1. The smallest absolute Gasteiger partial charge is 0.326 e. The number of aryl methyl sites for hydroxylation is 1. The average molecular weight is 342 g/mol. The summed E-state index contributed by atoms with van der Waals surface area (Å²) in [7, 11) is 0. The Kier molecular flexibility index (Phi) is 3.96. The fraction of sp³-hybridized carbons (Fsp3) is 0.188. The zero-order valence-corrected chi connectivity index (χ0v) is 13.5. The number of para-hydroxylation sites is 2. The Balaban J connectivity index is 1.36. The summed E-state index contributed by atoms with van der Waals surface area (Å²) < 4.78 is 12.5. The fourth-order valence-corrected chi connectivity index (χ4v) is 3.16. The van der Waals surface area contributed by atoms with Crippen molar-refractivity contribution in [1.82, 2.24) is 19.7 Å². The highest BCUT2D eigenvalue weighted by atomic mass is 32.2. The summed E-state index contributed by atoms with van der Waals surface area (Å²) in [6.45, 7) is 0.634. The van der Waals surface area contributed by atoms with E-state index < -0.39 is 0 Å². The van der Waals surface area contributed by atoms with E-state index in [0.29, 0.717) is 23.4 Å². The van der Waals surface area contributed by atoms with E-state index in [1.54, 1.807) is 23.0 Å². The zero-order chi connectivity index (χ0) is 16.4. The third-order valence-corrected chi connectivity index (χ3v) is 4.48. The van der Waals surface area contributed by atoms with E-state index in [1.165, 1.54) is 11.8 Å². The number of fused-ring (bicyclic) bond motifs is 1. The highest BCUT2D eigenvalue weighted by Gasteiger charge is 2.11. The van der Waals surface area contributed by atoms with Gasteiger partial charge in [0.05, 0.1) is 17.3 Å². The molecule has 0 bridgehead atoms. The molecule has 3 aromatic heterocycles. The molecular weight excluding hydrogens is 328 g/mol. The van der Waals surface area contributed by atoms with E-state index >= 15 is 0 Å². The first-order valence-corrected chi connectivity index (χ1v) is 8.47. The number of hydrogen-bond acceptors (Lipinski definition) is 6. The largest absolute Gasteiger partial charge is 0.459 e. The van der Waals surface area contributed by atoms with E-state index in [-0.39, 0.29) is 5.69 Å². The van der Waals surface area contributed by atoms with E-state index in [0.717, 1.165) is 23.2 Å². The van der Waals surface area contributed by atoms with Crippen molar-refractivity contribution in [2.24, 2.45) is 0 Å². The van der Waals surface area contributed by atoms with Crippen LogP contribution in [-0.2, 0) is 6.54 Å². The Bertz CT molecular complexity index is 1000. The van der Waals surface area contributed by atoms with Gasteiger partial charge in [-0.05, 0) is 30.7 Å². The van der Waals surface area contributed by atoms with Gasteiger partial charge < -0.3 is 13.8 Å². The second-order valence-corrected chi connectivity index (χ2v) is 6.20. The van der Waals surface area contributed by atoms with Gasteiger partial charge >= 0.3 is 5.69 Å². The van der Waals surface area contributed by atoms with Gasteiger partial charge in [-0.25, -0.2) is 4.79 Å². The molecule has 122 valence electrons. The van der Waals surface area contributed by atoms with E-state index in [2.05, 4.69) is 15.2 Å². The number of rotatable bonds is 6. The molecule has 0 fully saturated rings. The fourth-order valence-electron chi connectivity index (χ4n) is 2.48. The summed E-state index contributed by atoms with van der Waals surface area (Å²) in [5, 5.41) is 8.43. The Labute approximate surface area is 140 Å². The minimum absolute atomic E-state index is 0.0842. The van der Waals surface area contributed by atoms with Crippen molar-refractivity contribution in [2.45, 2.75) is 18.2 Å². The van der Waals surface area contributed by atoms with Crippen molar-refractivity contribution in [1.29, 1.82) is 0 Å². The van der Waals surface area contributed by atoms with Gasteiger partial charge in [0.2, 0.25) is 0 Å². The normalized spacial score (nSPS) is 11.3. The van der Waals surface area contributed by atoms with Gasteiger partial charge in [0.25, 0.3) is 11.1 Å². The minimum Gasteiger partial charge on any atom is -0.459 e. The maximum atomic E-state index is 12.0. The van der Waals surface area contributed by atoms with Crippen molar-refractivity contribution >= 4 is 22.8 Å². The Hall–Kier alpha value is -2.74. The molecule has 0 aliphatic carbocycles. The lowest BCUT2D eigenvalue weighted by Gasteiger charge is -2.02. The van der Waals surface area contributed by atoms with Crippen LogP contribution in [0, 0.1) is 0 Å². The molecule has 0 unspecified atom stereocenters. The van der Waals surface area contributed by atoms with Gasteiger partial charge in [0.15, 0.2) is 5.76 Å². The number of hydrogen-bond donors (Lipinski definition) is 1. The highest BCUT2D eigenvalue weighted by molar-refractivity contribution is 7.99. The monoisotopic (exact) mass is 342 g/mol. The van der Waals surface area contributed by atoms with Crippen LogP contribution in [0.25, 0.3) is 22.7 Å². The molecule has 0 aliphatic rings. The second-order valence-electron chi connectivity index (χ2n) is 5.15. The number of nitrogens with zero attached hydrogens (tertiary/aromatic N) is 3. The maximum absolute atomic E-state index is 12.0. The van der Waals surface area contributed by atoms with Gasteiger partial charge in [0, 0.05) is 12.3 Å². The number of aromatic nitrogens is 4.